The van der Waals surface area contributed by atoms with Gasteiger partial charge in [0.1, 0.15) is 5.75 Å². The summed E-state index contributed by atoms with van der Waals surface area (Å²) in [6, 6.07) is 40.2. The van der Waals surface area contributed by atoms with Crippen molar-refractivity contribution in [1.82, 2.24) is 0 Å². The Morgan fingerprint density at radius 2 is 1.05 bits per heavy atom. The average Bonchev–Trinajstić information content (AvgIpc) is 3.31. The summed E-state index contributed by atoms with van der Waals surface area (Å²) in [5.41, 5.74) is 7.25. The smallest absolute Gasteiger partial charge is 0.343 e. The predicted octanol–water partition coefficient (Wildman–Crippen LogP) is 6.97. The molecule has 5 nitrogen and oxygen atoms in total. The zero-order valence-electron chi connectivity index (χ0n) is 22.5. The summed E-state index contributed by atoms with van der Waals surface area (Å²) in [6.45, 7) is 0. The molecule has 42 heavy (non-hydrogen) atoms. The Balaban J connectivity index is 1.09. The minimum absolute atomic E-state index is 0.180. The molecule has 202 valence electrons. The normalized spacial score (nSPS) is 21.5. The molecule has 2 bridgehead atoms. The van der Waals surface area contributed by atoms with Crippen LogP contribution in [-0.2, 0) is 9.59 Å². The van der Waals surface area contributed by atoms with E-state index in [1.807, 2.05) is 66.7 Å². The highest BCUT2D eigenvalue weighted by atomic mass is 16.5. The van der Waals surface area contributed by atoms with Crippen molar-refractivity contribution in [3.8, 4) is 16.9 Å². The second-order valence-corrected chi connectivity index (χ2v) is 11.1. The van der Waals surface area contributed by atoms with Crippen LogP contribution in [0.5, 0.6) is 5.75 Å². The lowest BCUT2D eigenvalue weighted by Crippen LogP contribution is -2.41. The summed E-state index contributed by atoms with van der Waals surface area (Å²) in [5.74, 6) is -1.90. The first-order valence-corrected chi connectivity index (χ1v) is 14.1. The lowest BCUT2D eigenvalue weighted by atomic mass is 9.55. The van der Waals surface area contributed by atoms with Crippen molar-refractivity contribution in [1.29, 1.82) is 0 Å². The van der Waals surface area contributed by atoms with Crippen molar-refractivity contribution in [3.63, 3.8) is 0 Å². The molecule has 0 saturated carbocycles. The third kappa shape index (κ3) is 3.60. The van der Waals surface area contributed by atoms with Crippen molar-refractivity contribution >= 4 is 23.5 Å². The second kappa shape index (κ2) is 9.38. The molecule has 9 rings (SSSR count). The fourth-order valence-corrected chi connectivity index (χ4v) is 7.22. The van der Waals surface area contributed by atoms with Crippen molar-refractivity contribution in [2.24, 2.45) is 11.8 Å². The van der Waals surface area contributed by atoms with Crippen LogP contribution in [0.4, 0.5) is 5.69 Å². The van der Waals surface area contributed by atoms with E-state index in [4.69, 9.17) is 4.74 Å². The van der Waals surface area contributed by atoms with Gasteiger partial charge in [0.15, 0.2) is 0 Å². The highest BCUT2D eigenvalue weighted by Crippen LogP contribution is 2.61. The molecule has 0 radical (unpaired) electrons. The molecular formula is C37H25NO4. The van der Waals surface area contributed by atoms with E-state index in [9.17, 15) is 14.4 Å². The number of hydrogen-bond acceptors (Lipinski definition) is 4. The third-order valence-electron chi connectivity index (χ3n) is 8.96. The van der Waals surface area contributed by atoms with Crippen LogP contribution >= 0.6 is 0 Å². The maximum Gasteiger partial charge on any atom is 0.343 e. The molecule has 1 aliphatic heterocycles. The third-order valence-corrected chi connectivity index (χ3v) is 8.96. The van der Waals surface area contributed by atoms with Gasteiger partial charge in [0.2, 0.25) is 11.8 Å². The van der Waals surface area contributed by atoms with E-state index in [0.717, 1.165) is 33.4 Å². The second-order valence-electron chi connectivity index (χ2n) is 11.1. The van der Waals surface area contributed by atoms with E-state index in [1.165, 1.54) is 4.90 Å². The van der Waals surface area contributed by atoms with Gasteiger partial charge in [-0.1, -0.05) is 97.1 Å². The number of imide groups is 1. The number of esters is 1. The van der Waals surface area contributed by atoms with E-state index < -0.39 is 17.8 Å². The van der Waals surface area contributed by atoms with Crippen LogP contribution in [0.3, 0.4) is 0 Å². The summed E-state index contributed by atoms with van der Waals surface area (Å²) in [5, 5.41) is 0. The van der Waals surface area contributed by atoms with E-state index in [1.54, 1.807) is 36.4 Å². The quantitative estimate of drug-likeness (QED) is 0.139. The number of nitrogens with zero attached hydrogens (tertiary/aromatic N) is 1. The number of carbonyl (C=O) groups is 3. The van der Waals surface area contributed by atoms with Crippen LogP contribution in [0.15, 0.2) is 127 Å². The summed E-state index contributed by atoms with van der Waals surface area (Å²) in [4.78, 5) is 42.6. The molecule has 1 fully saturated rings. The largest absolute Gasteiger partial charge is 0.423 e. The number of benzene rings is 5. The van der Waals surface area contributed by atoms with E-state index in [2.05, 4.69) is 24.3 Å². The van der Waals surface area contributed by atoms with Gasteiger partial charge in [-0.3, -0.25) is 9.59 Å². The maximum absolute atomic E-state index is 14.1. The SMILES string of the molecule is O=C(Oc1ccc(-c2ccccc2)cc1)c1cccc(N2C(=O)C3C4c5ccccc5C(c5ccccc54)C3C2=O)c1. The van der Waals surface area contributed by atoms with Crippen LogP contribution in [0.25, 0.3) is 11.1 Å². The molecule has 1 heterocycles. The van der Waals surface area contributed by atoms with Crippen molar-refractivity contribution in [2.75, 3.05) is 4.90 Å². The van der Waals surface area contributed by atoms with Gasteiger partial charge in [0.25, 0.3) is 0 Å². The van der Waals surface area contributed by atoms with Crippen molar-refractivity contribution in [2.45, 2.75) is 11.8 Å². The standard InChI is InChI=1S/C37H25NO4/c39-35-33-31-27-13-4-5-14-28(27)32(30-16-7-6-15-29(30)31)34(33)36(40)38(35)25-12-8-11-24(21-25)37(41)42-26-19-17-23(18-20-26)22-9-2-1-3-10-22/h1-21,31-34H. The molecule has 2 unspecified atom stereocenters. The summed E-state index contributed by atoms with van der Waals surface area (Å²) in [6.07, 6.45) is 0. The Bertz CT molecular complexity index is 1780. The summed E-state index contributed by atoms with van der Waals surface area (Å²) < 4.78 is 5.66. The average molecular weight is 548 g/mol. The van der Waals surface area contributed by atoms with Gasteiger partial charge in [0.05, 0.1) is 23.1 Å². The summed E-state index contributed by atoms with van der Waals surface area (Å²) in [7, 11) is 0. The lowest BCUT2D eigenvalue weighted by molar-refractivity contribution is -0.122. The van der Waals surface area contributed by atoms with E-state index in [-0.39, 0.29) is 29.2 Å². The van der Waals surface area contributed by atoms with Crippen molar-refractivity contribution in [3.05, 3.63) is 155 Å². The van der Waals surface area contributed by atoms with Crippen LogP contribution in [0.1, 0.15) is 44.4 Å². The molecule has 1 saturated heterocycles. The van der Waals surface area contributed by atoms with Crippen LogP contribution in [-0.4, -0.2) is 17.8 Å². The molecule has 5 aromatic carbocycles. The zero-order chi connectivity index (χ0) is 28.4. The minimum atomic E-state index is -0.555. The summed E-state index contributed by atoms with van der Waals surface area (Å²) >= 11 is 0. The van der Waals surface area contributed by atoms with Gasteiger partial charge in [-0.2, -0.15) is 0 Å². The number of hydrogen-bond donors (Lipinski definition) is 0. The molecule has 0 N–H and O–H groups in total. The Morgan fingerprint density at radius 1 is 0.548 bits per heavy atom. The van der Waals surface area contributed by atoms with Crippen LogP contribution in [0, 0.1) is 11.8 Å². The van der Waals surface area contributed by atoms with Gasteiger partial charge in [-0.05, 0) is 63.7 Å². The number of ether oxygens (including phenoxy) is 1. The molecule has 2 atom stereocenters. The fourth-order valence-electron chi connectivity index (χ4n) is 7.22. The first-order valence-electron chi connectivity index (χ1n) is 14.1. The minimum Gasteiger partial charge on any atom is -0.423 e. The van der Waals surface area contributed by atoms with Gasteiger partial charge < -0.3 is 4.74 Å². The molecule has 2 amide bonds. The topological polar surface area (TPSA) is 63.7 Å². The highest BCUT2D eigenvalue weighted by Gasteiger charge is 2.61. The highest BCUT2D eigenvalue weighted by molar-refractivity contribution is 6.23. The van der Waals surface area contributed by atoms with Gasteiger partial charge in [-0.15, -0.1) is 0 Å². The number of carbonyl (C=O) groups excluding carboxylic acids is 3. The Kier molecular flexibility index (Phi) is 5.47. The molecule has 4 aliphatic rings. The molecular weight excluding hydrogens is 522 g/mol. The molecule has 0 aromatic heterocycles. The lowest BCUT2D eigenvalue weighted by Gasteiger charge is -2.45. The first kappa shape index (κ1) is 24.5. The Hall–Kier alpha value is -5.29. The van der Waals surface area contributed by atoms with Gasteiger partial charge >= 0.3 is 5.97 Å². The number of anilines is 1. The zero-order valence-corrected chi connectivity index (χ0v) is 22.5. The molecule has 3 aliphatic carbocycles. The monoisotopic (exact) mass is 547 g/mol. The fraction of sp³-hybridized carbons (Fsp3) is 0.108. The van der Waals surface area contributed by atoms with E-state index in [0.29, 0.717) is 11.4 Å². The first-order chi connectivity index (χ1) is 20.6. The van der Waals surface area contributed by atoms with Crippen LogP contribution in [0.2, 0.25) is 0 Å². The number of rotatable bonds is 4. The molecule has 5 aromatic rings. The maximum atomic E-state index is 14.1. The number of amides is 2. The van der Waals surface area contributed by atoms with Crippen molar-refractivity contribution < 1.29 is 19.1 Å². The Morgan fingerprint density at radius 3 is 1.60 bits per heavy atom. The molecule has 0 spiro atoms. The van der Waals surface area contributed by atoms with Gasteiger partial charge in [-0.25, -0.2) is 9.69 Å². The van der Waals surface area contributed by atoms with Crippen LogP contribution < -0.4 is 9.64 Å². The van der Waals surface area contributed by atoms with E-state index >= 15 is 0 Å². The molecule has 5 heteroatoms. The van der Waals surface area contributed by atoms with Gasteiger partial charge in [0, 0.05) is 11.8 Å². The Labute approximate surface area is 243 Å². The predicted molar refractivity (Wildman–Crippen MR) is 159 cm³/mol.